The number of anilines is 1. The number of halogens is 4. The van der Waals surface area contributed by atoms with Crippen LogP contribution in [0.1, 0.15) is 116 Å². The Bertz CT molecular complexity index is 3040. The average Bonchev–Trinajstić information content (AvgIpc) is 3.91. The molecule has 1 spiro atoms. The summed E-state index contributed by atoms with van der Waals surface area (Å²) in [7, 11) is 1.91. The average molecular weight is 1160 g/mol. The fourth-order valence-electron chi connectivity index (χ4n) is 13.0. The van der Waals surface area contributed by atoms with Gasteiger partial charge in [-0.1, -0.05) is 6.07 Å². The number of nitrogens with one attached hydrogen (secondary N) is 2. The van der Waals surface area contributed by atoms with E-state index in [0.29, 0.717) is 35.3 Å². The van der Waals surface area contributed by atoms with E-state index < -0.39 is 54.6 Å². The summed E-state index contributed by atoms with van der Waals surface area (Å²) >= 11 is 5.66. The monoisotopic (exact) mass is 1160 g/mol. The van der Waals surface area contributed by atoms with Crippen molar-refractivity contribution in [3.63, 3.8) is 0 Å². The van der Waals surface area contributed by atoms with Gasteiger partial charge in [-0.2, -0.15) is 5.10 Å². The number of hydrogen-bond donors (Lipinski definition) is 4. The standard InChI is InChI=1S/C56H63ClF2IN8O7/c1-32-46-44(29-41(58)49(57)48(46)47-40(51(61)71)14-15-43(50(47)59)74-27-26-69)75-56(32,36-6-4-3-5-7-36)60-63-37-11-8-34(9-12-37)53(72)66-23-18-38(19-24-66)67-30-55(31-67)21-16-33(17-22-55)35-10-13-39-42(28-35)65(2)64-52(39)68-25-20-45(70)62-54(68)73/h3-7,10,13-15,28-29,32-34,37-38,63,69H,8-9,11-12,16-27,30-31H2,1-2H3,(H2,61,71)(H,62,70,73)/q-1/t32-,34?,37?,56-/m0/s1. The van der Waals surface area contributed by atoms with Crippen molar-refractivity contribution in [3.05, 3.63) is 106 Å². The number of aliphatic hydroxyl groups excluding tert-OH is 1. The Kier molecular flexibility index (Phi) is 14.4. The van der Waals surface area contributed by atoms with Crippen molar-refractivity contribution >= 4 is 52.1 Å². The number of aliphatic hydroxyl groups is 1. The number of amides is 5. The Morgan fingerprint density at radius 2 is 1.69 bits per heavy atom. The van der Waals surface area contributed by atoms with Crippen LogP contribution in [0.4, 0.5) is 19.4 Å². The van der Waals surface area contributed by atoms with E-state index in [1.165, 1.54) is 36.6 Å². The summed E-state index contributed by atoms with van der Waals surface area (Å²) < 4.78 is 49.5. The molecular formula is C56H63ClF2IN8O7-. The molecule has 6 aliphatic rings. The molecule has 4 aromatic carbocycles. The minimum absolute atomic E-state index is 0.0287. The molecule has 2 aliphatic carbocycles. The van der Waals surface area contributed by atoms with E-state index in [-0.39, 0.29) is 76.6 Å². The molecular weight excluding hydrogens is 1100 g/mol. The van der Waals surface area contributed by atoms with E-state index >= 15 is 8.78 Å². The molecule has 2 atom stereocenters. The number of likely N-dealkylation sites (tertiary alicyclic amines) is 2. The van der Waals surface area contributed by atoms with Gasteiger partial charge in [0.25, 0.3) is 0 Å². The maximum atomic E-state index is 16.5. The fraction of sp³-hybridized carbons (Fsp3) is 0.482. The van der Waals surface area contributed by atoms with Gasteiger partial charge in [0.15, 0.2) is 5.82 Å². The molecule has 2 saturated carbocycles. The minimum atomic E-state index is -1.08. The molecule has 5 heterocycles. The molecule has 5 N–H and O–H groups in total. The van der Waals surface area contributed by atoms with Gasteiger partial charge in [-0.25, -0.2) is 4.79 Å². The zero-order valence-electron chi connectivity index (χ0n) is 42.2. The van der Waals surface area contributed by atoms with Crippen molar-refractivity contribution in [2.75, 3.05) is 50.8 Å². The zero-order valence-corrected chi connectivity index (χ0v) is 45.1. The van der Waals surface area contributed by atoms with Crippen molar-refractivity contribution in [3.8, 4) is 22.6 Å². The number of fused-ring (bicyclic) bond motifs is 2. The number of ether oxygens (including phenoxy) is 2. The first-order valence-electron chi connectivity index (χ1n) is 26.3. The van der Waals surface area contributed by atoms with Gasteiger partial charge in [-0.05, 0) is 54.7 Å². The molecule has 4 aliphatic heterocycles. The first kappa shape index (κ1) is 51.7. The molecule has 0 unspecified atom stereocenters. The molecule has 5 aromatic rings. The first-order valence-corrected chi connectivity index (χ1v) is 28.8. The molecule has 3 saturated heterocycles. The molecule has 0 bridgehead atoms. The third kappa shape index (κ3) is 9.54. The summed E-state index contributed by atoms with van der Waals surface area (Å²) in [6, 6.07) is 20.2. The number of aromatic nitrogens is 2. The van der Waals surface area contributed by atoms with E-state index in [0.717, 1.165) is 94.0 Å². The Balaban J connectivity index is 0.680. The predicted octanol–water partition coefficient (Wildman–Crippen LogP) is 5.24. The second-order valence-electron chi connectivity index (χ2n) is 21.5. The number of primary amides is 1. The first-order chi connectivity index (χ1) is 36.2. The SMILES string of the molecule is C[C@H]1c2c(cc(F)c(Cl)c2-c2c(C(N)=O)ccc(OCCO)c2F)O[C@]1([I-]NC1CCC(C(=O)N2CCC(N3CC4(CCC(c5ccc6c(N7CCC(=O)NC7=O)nn(C)c6c5)CC4)C3)CC2)CC1)c1ccccc1. The summed E-state index contributed by atoms with van der Waals surface area (Å²) in [5.74, 6) is -2.25. The number of carbonyl (C=O) groups excluding carboxylic acids is 4. The van der Waals surface area contributed by atoms with Crippen LogP contribution in [0.2, 0.25) is 5.02 Å². The molecule has 15 nitrogen and oxygen atoms in total. The van der Waals surface area contributed by atoms with E-state index in [1.54, 1.807) is 4.90 Å². The van der Waals surface area contributed by atoms with Crippen molar-refractivity contribution in [1.82, 2.24) is 28.4 Å². The Morgan fingerprint density at radius 3 is 2.39 bits per heavy atom. The van der Waals surface area contributed by atoms with Crippen LogP contribution in [0.3, 0.4) is 0 Å². The van der Waals surface area contributed by atoms with Gasteiger partial charge in [-0.3, -0.25) is 19.7 Å². The van der Waals surface area contributed by atoms with E-state index in [9.17, 15) is 24.3 Å². The number of aryl methyl sites for hydroxylation is 1. The summed E-state index contributed by atoms with van der Waals surface area (Å²) in [6.07, 6.45) is 10.1. The summed E-state index contributed by atoms with van der Waals surface area (Å²) in [5, 5.41) is 17.0. The number of nitrogens with two attached hydrogens (primary N) is 1. The fourth-order valence-corrected chi connectivity index (χ4v) is 16.5. The van der Waals surface area contributed by atoms with E-state index in [1.807, 2.05) is 49.0 Å². The predicted molar refractivity (Wildman–Crippen MR) is 275 cm³/mol. The third-order valence-corrected chi connectivity index (χ3v) is 21.2. The molecule has 0 radical (unpaired) electrons. The van der Waals surface area contributed by atoms with Gasteiger partial charge in [0.05, 0.1) is 5.52 Å². The van der Waals surface area contributed by atoms with Crippen LogP contribution in [0.15, 0.2) is 66.7 Å². The topological polar surface area (TPSA) is 185 Å². The quantitative estimate of drug-likeness (QED) is 0.0691. The maximum absolute atomic E-state index is 16.5. The van der Waals surface area contributed by atoms with Gasteiger partial charge in [-0.15, -0.1) is 0 Å². The summed E-state index contributed by atoms with van der Waals surface area (Å²) in [4.78, 5) is 57.5. The number of carbonyl (C=O) groups is 4. The molecule has 75 heavy (non-hydrogen) atoms. The third-order valence-electron chi connectivity index (χ3n) is 17.1. The molecule has 5 fully saturated rings. The van der Waals surface area contributed by atoms with Crippen LogP contribution >= 0.6 is 11.6 Å². The van der Waals surface area contributed by atoms with Gasteiger partial charge in [0.2, 0.25) is 5.91 Å². The summed E-state index contributed by atoms with van der Waals surface area (Å²) in [5.41, 5.74) is 9.23. The van der Waals surface area contributed by atoms with E-state index in [2.05, 4.69) is 41.9 Å². The number of hydrogen-bond acceptors (Lipinski definition) is 10. The van der Waals surface area contributed by atoms with Gasteiger partial charge < -0.3 is 0 Å². The van der Waals surface area contributed by atoms with Crippen LogP contribution in [0.5, 0.6) is 11.5 Å². The molecule has 5 amide bonds. The van der Waals surface area contributed by atoms with Crippen LogP contribution in [0, 0.1) is 23.0 Å². The van der Waals surface area contributed by atoms with E-state index in [4.69, 9.17) is 26.8 Å². The number of nitrogens with zero attached hydrogens (tertiary/aromatic N) is 5. The van der Waals surface area contributed by atoms with Crippen LogP contribution in [-0.4, -0.2) is 106 Å². The Labute approximate surface area is 450 Å². The van der Waals surface area contributed by atoms with Gasteiger partial charge >= 0.3 is 320 Å². The van der Waals surface area contributed by atoms with Crippen molar-refractivity contribution in [2.45, 2.75) is 105 Å². The summed E-state index contributed by atoms with van der Waals surface area (Å²) in [6.45, 7) is 5.50. The molecule has 1 aromatic heterocycles. The number of benzene rings is 4. The van der Waals surface area contributed by atoms with Crippen LogP contribution < -0.4 is 50.4 Å². The molecule has 19 heteroatoms. The Hall–Kier alpha value is -5.41. The Morgan fingerprint density at radius 1 is 0.960 bits per heavy atom. The van der Waals surface area contributed by atoms with Gasteiger partial charge in [0.1, 0.15) is 0 Å². The van der Waals surface area contributed by atoms with Crippen molar-refractivity contribution in [1.29, 1.82) is 0 Å². The zero-order chi connectivity index (χ0) is 52.3. The number of alkyl halides is 1. The second-order valence-corrected chi connectivity index (χ2v) is 24.6. The van der Waals surface area contributed by atoms with Crippen LogP contribution in [-0.2, 0) is 20.2 Å². The number of rotatable bonds is 13. The van der Waals surface area contributed by atoms with Gasteiger partial charge in [0, 0.05) is 25.4 Å². The molecule has 11 rings (SSSR count). The van der Waals surface area contributed by atoms with Crippen molar-refractivity contribution < 1.29 is 64.0 Å². The second kappa shape index (κ2) is 20.9. The number of urea groups is 1. The normalized spacial score (nSPS) is 24.3. The molecule has 398 valence electrons. The number of imide groups is 1. The van der Waals surface area contributed by atoms with Crippen LogP contribution in [0.25, 0.3) is 22.0 Å². The van der Waals surface area contributed by atoms with Crippen molar-refractivity contribution in [2.24, 2.45) is 24.1 Å². The number of piperidine rings is 1.